The van der Waals surface area contributed by atoms with Gasteiger partial charge in [0.25, 0.3) is 5.91 Å². The number of carbonyl (C=O) groups is 2. The Kier molecular flexibility index (Phi) is 5.55. The van der Waals surface area contributed by atoms with Crippen LogP contribution in [0.1, 0.15) is 27.2 Å². The first kappa shape index (κ1) is 16.5. The van der Waals surface area contributed by atoms with Crippen LogP contribution in [0.4, 0.5) is 11.4 Å². The van der Waals surface area contributed by atoms with E-state index >= 15 is 0 Å². The first-order valence-corrected chi connectivity index (χ1v) is 7.93. The van der Waals surface area contributed by atoms with Crippen molar-refractivity contribution in [1.29, 1.82) is 0 Å². The fourth-order valence-electron chi connectivity index (χ4n) is 3.34. The number of anilines is 2. The Labute approximate surface area is 132 Å². The Bertz CT molecular complexity index is 517. The van der Waals surface area contributed by atoms with Crippen molar-refractivity contribution in [2.24, 2.45) is 11.8 Å². The average Bonchev–Trinajstić information content (AvgIpc) is 2.39. The summed E-state index contributed by atoms with van der Waals surface area (Å²) in [6.45, 7) is 8.64. The number of likely N-dealkylation sites (tertiary alicyclic amines) is 1. The average molecular weight is 304 g/mol. The molecule has 1 aliphatic rings. The summed E-state index contributed by atoms with van der Waals surface area (Å²) in [6.07, 6.45) is 1.26. The number of hydrogen-bond acceptors (Lipinski definition) is 2. The lowest BCUT2D eigenvalue weighted by atomic mass is 9.92. The molecule has 0 aromatic heterocycles. The molecule has 1 fully saturated rings. The zero-order chi connectivity index (χ0) is 16.1. The van der Waals surface area contributed by atoms with Gasteiger partial charge < -0.3 is 15.5 Å². The van der Waals surface area contributed by atoms with Crippen molar-refractivity contribution in [3.8, 4) is 0 Å². The number of quaternary nitrogens is 1. The molecule has 120 valence electrons. The van der Waals surface area contributed by atoms with Crippen LogP contribution in [0.3, 0.4) is 0 Å². The molecule has 5 nitrogen and oxygen atoms in total. The maximum absolute atomic E-state index is 12.2. The summed E-state index contributed by atoms with van der Waals surface area (Å²) < 4.78 is 0. The van der Waals surface area contributed by atoms with Crippen LogP contribution in [0.2, 0.25) is 0 Å². The summed E-state index contributed by atoms with van der Waals surface area (Å²) in [5.74, 6) is 1.31. The maximum atomic E-state index is 12.2. The van der Waals surface area contributed by atoms with Gasteiger partial charge in [0.15, 0.2) is 6.54 Å². The van der Waals surface area contributed by atoms with E-state index in [1.54, 1.807) is 24.3 Å². The van der Waals surface area contributed by atoms with Crippen LogP contribution in [0, 0.1) is 11.8 Å². The highest BCUT2D eigenvalue weighted by atomic mass is 16.2. The van der Waals surface area contributed by atoms with Crippen LogP contribution in [0.5, 0.6) is 0 Å². The van der Waals surface area contributed by atoms with Crippen LogP contribution < -0.4 is 15.5 Å². The van der Waals surface area contributed by atoms with Gasteiger partial charge in [-0.15, -0.1) is 0 Å². The van der Waals surface area contributed by atoms with Crippen LogP contribution in [-0.4, -0.2) is 31.4 Å². The monoisotopic (exact) mass is 304 g/mol. The molecular weight excluding hydrogens is 278 g/mol. The van der Waals surface area contributed by atoms with Crippen molar-refractivity contribution in [2.45, 2.75) is 27.2 Å². The molecule has 22 heavy (non-hydrogen) atoms. The van der Waals surface area contributed by atoms with Gasteiger partial charge in [-0.2, -0.15) is 0 Å². The largest absolute Gasteiger partial charge is 0.327 e. The molecule has 0 bridgehead atoms. The van der Waals surface area contributed by atoms with E-state index in [9.17, 15) is 9.59 Å². The summed E-state index contributed by atoms with van der Waals surface area (Å²) in [4.78, 5) is 24.5. The van der Waals surface area contributed by atoms with E-state index in [1.165, 1.54) is 18.2 Å². The van der Waals surface area contributed by atoms with E-state index in [1.807, 2.05) is 0 Å². The summed E-state index contributed by atoms with van der Waals surface area (Å²) >= 11 is 0. The molecule has 1 heterocycles. The van der Waals surface area contributed by atoms with Gasteiger partial charge in [-0.1, -0.05) is 13.8 Å². The summed E-state index contributed by atoms with van der Waals surface area (Å²) in [6, 6.07) is 7.18. The van der Waals surface area contributed by atoms with Crippen molar-refractivity contribution >= 4 is 23.2 Å². The molecule has 2 rings (SSSR count). The Hall–Kier alpha value is -1.88. The Morgan fingerprint density at radius 3 is 2.05 bits per heavy atom. The number of hydrogen-bond donors (Lipinski definition) is 3. The van der Waals surface area contributed by atoms with Gasteiger partial charge >= 0.3 is 0 Å². The highest BCUT2D eigenvalue weighted by Crippen LogP contribution is 2.14. The molecule has 2 amide bonds. The van der Waals surface area contributed by atoms with Gasteiger partial charge in [0.2, 0.25) is 5.91 Å². The third kappa shape index (κ3) is 5.15. The molecule has 1 saturated heterocycles. The highest BCUT2D eigenvalue weighted by Gasteiger charge is 2.26. The fraction of sp³-hybridized carbons (Fsp3) is 0.529. The highest BCUT2D eigenvalue weighted by molar-refractivity contribution is 5.92. The van der Waals surface area contributed by atoms with Crippen LogP contribution in [0.25, 0.3) is 0 Å². The number of nitrogens with one attached hydrogen (secondary N) is 3. The van der Waals surface area contributed by atoms with E-state index in [0.717, 1.165) is 24.5 Å². The smallest absolute Gasteiger partial charge is 0.279 e. The second-order valence-electron chi connectivity index (χ2n) is 6.59. The zero-order valence-corrected chi connectivity index (χ0v) is 13.6. The predicted octanol–water partition coefficient (Wildman–Crippen LogP) is 1.14. The molecule has 0 unspecified atom stereocenters. The van der Waals surface area contributed by atoms with E-state index in [2.05, 4.69) is 24.5 Å². The van der Waals surface area contributed by atoms with Gasteiger partial charge in [-0.05, 0) is 30.7 Å². The number of piperidine rings is 1. The van der Waals surface area contributed by atoms with Crippen LogP contribution in [0.15, 0.2) is 24.3 Å². The molecule has 0 aliphatic carbocycles. The molecule has 0 spiro atoms. The topological polar surface area (TPSA) is 62.6 Å². The van der Waals surface area contributed by atoms with Gasteiger partial charge in [0.05, 0.1) is 13.1 Å². The number of amides is 2. The second-order valence-corrected chi connectivity index (χ2v) is 6.59. The summed E-state index contributed by atoms with van der Waals surface area (Å²) in [5, 5.41) is 5.63. The lowest BCUT2D eigenvalue weighted by Gasteiger charge is -2.31. The minimum atomic E-state index is -0.103. The fourth-order valence-corrected chi connectivity index (χ4v) is 3.34. The number of rotatable bonds is 4. The predicted molar refractivity (Wildman–Crippen MR) is 87.9 cm³/mol. The summed E-state index contributed by atoms with van der Waals surface area (Å²) in [5.41, 5.74) is 1.49. The van der Waals surface area contributed by atoms with Crippen LogP contribution >= 0.6 is 0 Å². The SMILES string of the molecule is CC(=O)Nc1ccc(NC(=O)C[NH+]2C[C@H](C)C[C@@H](C)C2)cc1. The molecule has 2 atom stereocenters. The lowest BCUT2D eigenvalue weighted by molar-refractivity contribution is -0.904. The van der Waals surface area contributed by atoms with Crippen molar-refractivity contribution in [3.05, 3.63) is 24.3 Å². The van der Waals surface area contributed by atoms with E-state index in [-0.39, 0.29) is 11.8 Å². The molecule has 5 heteroatoms. The Morgan fingerprint density at radius 2 is 1.55 bits per heavy atom. The maximum Gasteiger partial charge on any atom is 0.279 e. The first-order chi connectivity index (χ1) is 10.4. The van der Waals surface area contributed by atoms with E-state index in [0.29, 0.717) is 18.4 Å². The lowest BCUT2D eigenvalue weighted by Crippen LogP contribution is -3.15. The van der Waals surface area contributed by atoms with Crippen molar-refractivity contribution in [3.63, 3.8) is 0 Å². The minimum absolute atomic E-state index is 0.0450. The Morgan fingerprint density at radius 1 is 1.05 bits per heavy atom. The standard InChI is InChI=1S/C17H25N3O2/c1-12-8-13(2)10-20(9-12)11-17(22)19-16-6-4-15(5-7-16)18-14(3)21/h4-7,12-13H,8-11H2,1-3H3,(H,18,21)(H,19,22)/p+1/t12-,13-/m1/s1. The molecule has 1 aromatic rings. The van der Waals surface area contributed by atoms with Crippen molar-refractivity contribution in [2.75, 3.05) is 30.3 Å². The Balaban J connectivity index is 1.85. The number of carbonyl (C=O) groups excluding carboxylic acids is 2. The third-order valence-electron chi connectivity index (χ3n) is 3.98. The van der Waals surface area contributed by atoms with Gasteiger partial charge in [0, 0.05) is 30.1 Å². The van der Waals surface area contributed by atoms with Crippen molar-refractivity contribution < 1.29 is 14.5 Å². The minimum Gasteiger partial charge on any atom is -0.327 e. The number of benzene rings is 1. The zero-order valence-electron chi connectivity index (χ0n) is 13.6. The molecule has 1 aliphatic heterocycles. The third-order valence-corrected chi connectivity index (χ3v) is 3.98. The van der Waals surface area contributed by atoms with Gasteiger partial charge in [-0.25, -0.2) is 0 Å². The van der Waals surface area contributed by atoms with E-state index in [4.69, 9.17) is 0 Å². The van der Waals surface area contributed by atoms with Gasteiger partial charge in [-0.3, -0.25) is 9.59 Å². The molecule has 0 radical (unpaired) electrons. The van der Waals surface area contributed by atoms with Gasteiger partial charge in [0.1, 0.15) is 0 Å². The molecular formula is C17H26N3O2+. The second kappa shape index (κ2) is 7.40. The quantitative estimate of drug-likeness (QED) is 0.781. The summed E-state index contributed by atoms with van der Waals surface area (Å²) in [7, 11) is 0. The molecule has 3 N–H and O–H groups in total. The normalized spacial score (nSPS) is 24.6. The molecule has 1 aromatic carbocycles. The van der Waals surface area contributed by atoms with Crippen LogP contribution in [-0.2, 0) is 9.59 Å². The first-order valence-electron chi connectivity index (χ1n) is 7.93. The van der Waals surface area contributed by atoms with Crippen molar-refractivity contribution in [1.82, 2.24) is 0 Å². The van der Waals surface area contributed by atoms with E-state index < -0.39 is 0 Å². The molecule has 0 saturated carbocycles.